The van der Waals surface area contributed by atoms with Gasteiger partial charge in [0.15, 0.2) is 12.6 Å². The predicted octanol–water partition coefficient (Wildman–Crippen LogP) is -7.23. The molecule has 1 saturated carbocycles. The lowest BCUT2D eigenvalue weighted by molar-refractivity contribution is -0.379. The van der Waals surface area contributed by atoms with Crippen molar-refractivity contribution in [2.24, 2.45) is 17.6 Å². The summed E-state index contributed by atoms with van der Waals surface area (Å²) in [5.74, 6) is -6.53. The number of hydrogen-bond acceptors (Lipinski definition) is 21. The first-order valence-electron chi connectivity index (χ1n) is 18.8. The molecule has 3 aliphatic heterocycles. The van der Waals surface area contributed by atoms with Gasteiger partial charge in [-0.05, 0) is 25.7 Å². The van der Waals surface area contributed by atoms with Crippen LogP contribution < -0.4 is 16.4 Å². The smallest absolute Gasteiger partial charge is 0.366 e. The van der Waals surface area contributed by atoms with Gasteiger partial charge in [-0.1, -0.05) is 6.92 Å². The fourth-order valence-electron chi connectivity index (χ4n) is 7.74. The monoisotopic (exact) mass is 829 g/mol. The number of methoxy groups -OCH3 is 1. The highest BCUT2D eigenvalue weighted by Crippen LogP contribution is 2.41. The molecular formula is C34H59N3O20. The quantitative estimate of drug-likeness (QED) is 0.0682. The lowest BCUT2D eigenvalue weighted by Crippen LogP contribution is -2.70. The van der Waals surface area contributed by atoms with Gasteiger partial charge in [-0.25, -0.2) is 4.79 Å². The second kappa shape index (κ2) is 20.3. The Morgan fingerprint density at radius 3 is 2.16 bits per heavy atom. The van der Waals surface area contributed by atoms with Crippen molar-refractivity contribution in [3.63, 3.8) is 0 Å². The molecule has 3 saturated heterocycles. The number of carbonyl (C=O) groups excluding carboxylic acids is 3. The number of ether oxygens (including phenoxy) is 7. The van der Waals surface area contributed by atoms with Crippen molar-refractivity contribution in [3.05, 3.63) is 0 Å². The molecule has 2 amide bonds. The lowest BCUT2D eigenvalue weighted by Gasteiger charge is -2.51. The molecular weight excluding hydrogens is 770 g/mol. The Kier molecular flexibility index (Phi) is 16.9. The van der Waals surface area contributed by atoms with Gasteiger partial charge in [0.25, 0.3) is 5.79 Å². The molecule has 0 aromatic carbocycles. The van der Waals surface area contributed by atoms with Crippen molar-refractivity contribution in [1.82, 2.24) is 10.6 Å². The zero-order chi connectivity index (χ0) is 42.5. The SMILES string of the molecule is COC(=O)C1(OC2C(O)C(CO)OC(OC3CC(C(=O)NCCN)CC(C)C3OC3OC(C)C(O)C(O)C3O)C2O)CC(O)C(NC(C)=O)C([C@H](O)[C@H](O)CO)O1. The number of aliphatic hydroxyl groups excluding tert-OH is 10. The van der Waals surface area contributed by atoms with E-state index < -0.39 is 153 Å². The Morgan fingerprint density at radius 1 is 0.895 bits per heavy atom. The third-order valence-electron chi connectivity index (χ3n) is 10.8. The Bertz CT molecular complexity index is 1340. The van der Waals surface area contributed by atoms with Gasteiger partial charge >= 0.3 is 5.97 Å². The van der Waals surface area contributed by atoms with Crippen molar-refractivity contribution < 1.29 is 98.6 Å². The number of carbonyl (C=O) groups is 3. The lowest BCUT2D eigenvalue weighted by atomic mass is 9.77. The molecule has 4 rings (SSSR count). The van der Waals surface area contributed by atoms with Gasteiger partial charge in [0.2, 0.25) is 11.8 Å². The zero-order valence-corrected chi connectivity index (χ0v) is 32.1. The molecule has 330 valence electrons. The van der Waals surface area contributed by atoms with E-state index in [1.165, 1.54) is 6.92 Å². The number of rotatable bonds is 15. The second-order valence-corrected chi connectivity index (χ2v) is 15.0. The Morgan fingerprint density at radius 2 is 1.56 bits per heavy atom. The maximum Gasteiger partial charge on any atom is 0.366 e. The molecule has 14 N–H and O–H groups in total. The first-order valence-corrected chi connectivity index (χ1v) is 18.8. The van der Waals surface area contributed by atoms with Crippen LogP contribution in [0.25, 0.3) is 0 Å². The maximum absolute atomic E-state index is 13.5. The summed E-state index contributed by atoms with van der Waals surface area (Å²) >= 11 is 0. The van der Waals surface area contributed by atoms with Crippen molar-refractivity contribution in [1.29, 1.82) is 0 Å². The Balaban J connectivity index is 1.68. The van der Waals surface area contributed by atoms with Crippen LogP contribution >= 0.6 is 0 Å². The van der Waals surface area contributed by atoms with E-state index in [4.69, 9.17) is 38.9 Å². The van der Waals surface area contributed by atoms with Crippen LogP contribution in [0.3, 0.4) is 0 Å². The van der Waals surface area contributed by atoms with Crippen LogP contribution in [0.15, 0.2) is 0 Å². The number of amides is 2. The molecule has 0 spiro atoms. The highest BCUT2D eigenvalue weighted by molar-refractivity contribution is 5.79. The van der Waals surface area contributed by atoms with Crippen LogP contribution in [-0.2, 0) is 47.5 Å². The second-order valence-electron chi connectivity index (χ2n) is 15.0. The molecule has 0 bridgehead atoms. The first-order chi connectivity index (χ1) is 26.8. The Hall–Kier alpha value is -2.27. The average molecular weight is 830 g/mol. The molecule has 18 unspecified atom stereocenters. The molecule has 4 aliphatic rings. The summed E-state index contributed by atoms with van der Waals surface area (Å²) < 4.78 is 40.6. The summed E-state index contributed by atoms with van der Waals surface area (Å²) in [5, 5.41) is 112. The number of nitrogens with one attached hydrogen (secondary N) is 2. The van der Waals surface area contributed by atoms with Gasteiger partial charge in [-0.3, -0.25) is 9.59 Å². The maximum atomic E-state index is 13.5. The minimum atomic E-state index is -2.80. The minimum Gasteiger partial charge on any atom is -0.465 e. The van der Waals surface area contributed by atoms with Crippen LogP contribution in [0, 0.1) is 11.8 Å². The molecule has 3 heterocycles. The van der Waals surface area contributed by atoms with Crippen molar-refractivity contribution in [2.45, 2.75) is 150 Å². The van der Waals surface area contributed by atoms with Gasteiger partial charge in [-0.15, -0.1) is 0 Å². The van der Waals surface area contributed by atoms with Gasteiger partial charge < -0.3 is 101 Å². The Labute approximate surface area is 327 Å². The van der Waals surface area contributed by atoms with E-state index in [1.54, 1.807) is 6.92 Å². The standard InChI is InChI=1S/C34H59N3O20/c1-12-7-15(30(49)36-6-5-35)8-18(27(12)55-31-25(47)24(46)21(43)13(2)52-31)53-32-26(48)29(23(45)19(11-39)54-32)57-34(33(50)51-4)9-16(41)20(37-14(3)40)28(56-34)22(44)17(42)10-38/h12-13,15-29,31-32,38-39,41-48H,5-11,35H2,1-4H3,(H,36,49)(H,37,40)/t12?,13?,15?,16?,17-,18?,19?,20?,21?,22-,23?,24?,25?,26?,27?,28?,29?,31?,32?,34?/m1/s1. The number of nitrogens with two attached hydrogens (primary N) is 1. The molecule has 4 fully saturated rings. The van der Waals surface area contributed by atoms with Crippen molar-refractivity contribution >= 4 is 17.8 Å². The van der Waals surface area contributed by atoms with E-state index in [0.29, 0.717) is 0 Å². The highest BCUT2D eigenvalue weighted by atomic mass is 16.8. The normalized spacial score (nSPS) is 43.7. The summed E-state index contributed by atoms with van der Waals surface area (Å²) in [4.78, 5) is 38.7. The fourth-order valence-corrected chi connectivity index (χ4v) is 7.74. The summed E-state index contributed by atoms with van der Waals surface area (Å²) in [6, 6.07) is -1.50. The number of esters is 1. The number of aliphatic hydroxyl groups is 10. The van der Waals surface area contributed by atoms with Crippen LogP contribution in [0.4, 0.5) is 0 Å². The van der Waals surface area contributed by atoms with Crippen LogP contribution in [-0.4, -0.2) is 212 Å². The zero-order valence-electron chi connectivity index (χ0n) is 32.1. The van der Waals surface area contributed by atoms with Crippen LogP contribution in [0.1, 0.15) is 40.0 Å². The van der Waals surface area contributed by atoms with E-state index in [2.05, 4.69) is 10.6 Å². The van der Waals surface area contributed by atoms with Gasteiger partial charge in [0.1, 0.15) is 61.0 Å². The number of hydrogen-bond donors (Lipinski definition) is 13. The van der Waals surface area contributed by atoms with Crippen molar-refractivity contribution in [3.8, 4) is 0 Å². The van der Waals surface area contributed by atoms with Gasteiger partial charge in [0, 0.05) is 32.4 Å². The fraction of sp³-hybridized carbons (Fsp3) is 0.912. The van der Waals surface area contributed by atoms with Gasteiger partial charge in [0.05, 0.1) is 50.8 Å². The van der Waals surface area contributed by atoms with Crippen LogP contribution in [0.2, 0.25) is 0 Å². The van der Waals surface area contributed by atoms with E-state index in [9.17, 15) is 65.4 Å². The third-order valence-corrected chi connectivity index (χ3v) is 10.8. The summed E-state index contributed by atoms with van der Waals surface area (Å²) in [5.41, 5.74) is 5.57. The third kappa shape index (κ3) is 10.6. The predicted molar refractivity (Wildman–Crippen MR) is 186 cm³/mol. The molecule has 23 heteroatoms. The van der Waals surface area contributed by atoms with E-state index >= 15 is 0 Å². The molecule has 57 heavy (non-hydrogen) atoms. The topological polar surface area (TPSA) is 368 Å². The first kappa shape index (κ1) is 47.4. The summed E-state index contributed by atoms with van der Waals surface area (Å²) in [6.45, 7) is 2.62. The highest BCUT2D eigenvalue weighted by Gasteiger charge is 2.60. The molecule has 0 aromatic heterocycles. The largest absolute Gasteiger partial charge is 0.465 e. The summed E-state index contributed by atoms with van der Waals surface area (Å²) in [7, 11) is 0.911. The average Bonchev–Trinajstić information content (AvgIpc) is 3.18. The van der Waals surface area contributed by atoms with E-state index in [0.717, 1.165) is 14.0 Å². The molecule has 23 nitrogen and oxygen atoms in total. The molecule has 20 atom stereocenters. The van der Waals surface area contributed by atoms with Crippen molar-refractivity contribution in [2.75, 3.05) is 33.4 Å². The van der Waals surface area contributed by atoms with Gasteiger partial charge in [-0.2, -0.15) is 0 Å². The van der Waals surface area contributed by atoms with E-state index in [-0.39, 0.29) is 31.8 Å². The van der Waals surface area contributed by atoms with Crippen LogP contribution in [0.5, 0.6) is 0 Å². The molecule has 0 aromatic rings. The summed E-state index contributed by atoms with van der Waals surface area (Å²) in [6.07, 6.45) is -27.4. The van der Waals surface area contributed by atoms with E-state index in [1.807, 2.05) is 0 Å². The minimum absolute atomic E-state index is 0.0991. The molecule has 0 radical (unpaired) electrons. The molecule has 1 aliphatic carbocycles.